The van der Waals surface area contributed by atoms with Crippen LogP contribution < -0.4 is 0 Å². The summed E-state index contributed by atoms with van der Waals surface area (Å²) in [6.07, 6.45) is 0. The number of hydrogen-bond donors (Lipinski definition) is 1. The number of carbonyl (C=O) groups is 2. The van der Waals surface area contributed by atoms with Crippen LogP contribution in [0.3, 0.4) is 0 Å². The Balaban J connectivity index is 3.23. The average Bonchev–Trinajstić information content (AvgIpc) is 2.08. The van der Waals surface area contributed by atoms with Gasteiger partial charge < -0.3 is 5.11 Å². The highest BCUT2D eigenvalue weighted by atomic mass is 79.9. The van der Waals surface area contributed by atoms with Gasteiger partial charge in [-0.1, -0.05) is 12.1 Å². The molecule has 0 aromatic heterocycles. The van der Waals surface area contributed by atoms with E-state index in [-0.39, 0.29) is 5.56 Å². The van der Waals surface area contributed by atoms with E-state index in [1.807, 2.05) is 0 Å². The Kier molecular flexibility index (Phi) is 2.83. The van der Waals surface area contributed by atoms with E-state index in [0.29, 0.717) is 4.47 Å². The van der Waals surface area contributed by atoms with E-state index in [4.69, 9.17) is 5.11 Å². The van der Waals surface area contributed by atoms with Crippen molar-refractivity contribution in [1.29, 1.82) is 0 Å². The second-order valence-corrected chi connectivity index (χ2v) is 3.36. The predicted octanol–water partition coefficient (Wildman–Crippen LogP) is 2.02. The lowest BCUT2D eigenvalue weighted by molar-refractivity contribution is -0.131. The number of Topliss-reactive ketones (excluding diaryl/α,β-unsaturated/α-hetero) is 1. The highest BCUT2D eigenvalue weighted by Crippen LogP contribution is 2.21. The maximum Gasteiger partial charge on any atom is 0.377 e. The van der Waals surface area contributed by atoms with E-state index in [1.54, 1.807) is 19.1 Å². The van der Waals surface area contributed by atoms with Crippen molar-refractivity contribution in [2.24, 2.45) is 0 Å². The van der Waals surface area contributed by atoms with E-state index in [1.165, 1.54) is 6.07 Å². The van der Waals surface area contributed by atoms with Crippen LogP contribution in [0.1, 0.15) is 15.9 Å². The van der Waals surface area contributed by atoms with Crippen LogP contribution in [0.4, 0.5) is 0 Å². The van der Waals surface area contributed by atoms with Crippen molar-refractivity contribution in [3.63, 3.8) is 0 Å². The molecule has 0 amide bonds. The summed E-state index contributed by atoms with van der Waals surface area (Å²) >= 11 is 3.16. The fourth-order valence-electron chi connectivity index (χ4n) is 0.938. The minimum Gasteiger partial charge on any atom is -0.475 e. The van der Waals surface area contributed by atoms with Gasteiger partial charge in [-0.05, 0) is 34.5 Å². The van der Waals surface area contributed by atoms with Crippen LogP contribution >= 0.6 is 15.9 Å². The summed E-state index contributed by atoms with van der Waals surface area (Å²) in [5.41, 5.74) is 1.03. The van der Waals surface area contributed by atoms with Gasteiger partial charge in [0.25, 0.3) is 5.78 Å². The Morgan fingerprint density at radius 3 is 2.54 bits per heavy atom. The summed E-state index contributed by atoms with van der Waals surface area (Å²) in [7, 11) is 0. The molecule has 4 heteroatoms. The summed E-state index contributed by atoms with van der Waals surface area (Å²) in [4.78, 5) is 21.5. The molecule has 1 aromatic rings. The van der Waals surface area contributed by atoms with Crippen molar-refractivity contribution in [3.05, 3.63) is 33.8 Å². The molecule has 13 heavy (non-hydrogen) atoms. The second-order valence-electron chi connectivity index (χ2n) is 2.57. The monoisotopic (exact) mass is 242 g/mol. The molecule has 0 saturated heterocycles. The van der Waals surface area contributed by atoms with Gasteiger partial charge in [0.05, 0.1) is 0 Å². The van der Waals surface area contributed by atoms with E-state index >= 15 is 0 Å². The van der Waals surface area contributed by atoms with Crippen molar-refractivity contribution < 1.29 is 14.7 Å². The second kappa shape index (κ2) is 3.70. The third kappa shape index (κ3) is 1.95. The zero-order valence-corrected chi connectivity index (χ0v) is 8.46. The molecule has 0 saturated carbocycles. The van der Waals surface area contributed by atoms with Crippen LogP contribution in [0.2, 0.25) is 0 Å². The molecular weight excluding hydrogens is 236 g/mol. The van der Waals surface area contributed by atoms with E-state index in [9.17, 15) is 9.59 Å². The highest BCUT2D eigenvalue weighted by Gasteiger charge is 2.17. The first-order valence-corrected chi connectivity index (χ1v) is 4.36. The number of aryl methyl sites for hydroxylation is 1. The van der Waals surface area contributed by atoms with Gasteiger partial charge in [0.15, 0.2) is 0 Å². The molecule has 68 valence electrons. The number of aliphatic carboxylic acids is 1. The Morgan fingerprint density at radius 2 is 2.00 bits per heavy atom. The van der Waals surface area contributed by atoms with Crippen LogP contribution in [0, 0.1) is 6.92 Å². The molecule has 0 unspecified atom stereocenters. The molecule has 0 atom stereocenters. The number of carboxylic acid groups (broad SMARTS) is 1. The summed E-state index contributed by atoms with van der Waals surface area (Å²) in [5, 5.41) is 8.48. The van der Waals surface area contributed by atoms with Gasteiger partial charge in [-0.25, -0.2) is 4.79 Å². The molecule has 0 fully saturated rings. The molecule has 0 radical (unpaired) electrons. The highest BCUT2D eigenvalue weighted by molar-refractivity contribution is 9.10. The molecule has 1 aromatic carbocycles. The fourth-order valence-corrected chi connectivity index (χ4v) is 1.38. The van der Waals surface area contributed by atoms with E-state index in [2.05, 4.69) is 15.9 Å². The van der Waals surface area contributed by atoms with Crippen molar-refractivity contribution in [1.82, 2.24) is 0 Å². The molecule has 0 aliphatic heterocycles. The predicted molar refractivity (Wildman–Crippen MR) is 50.8 cm³/mol. The Labute approximate surface area is 83.5 Å². The lowest BCUT2D eigenvalue weighted by Gasteiger charge is -2.02. The lowest BCUT2D eigenvalue weighted by Crippen LogP contribution is -2.13. The summed E-state index contributed by atoms with van der Waals surface area (Å²) in [6, 6.07) is 4.92. The van der Waals surface area contributed by atoms with Crippen molar-refractivity contribution in [2.75, 3.05) is 0 Å². The van der Waals surface area contributed by atoms with Crippen molar-refractivity contribution in [3.8, 4) is 0 Å². The number of hydrogen-bond acceptors (Lipinski definition) is 2. The number of carbonyl (C=O) groups excluding carboxylic acids is 1. The first kappa shape index (κ1) is 9.92. The molecule has 1 N–H and O–H groups in total. The van der Waals surface area contributed by atoms with Gasteiger partial charge in [0, 0.05) is 10.0 Å². The smallest absolute Gasteiger partial charge is 0.377 e. The SMILES string of the molecule is Cc1cccc(C(=O)C(=O)O)c1Br. The van der Waals surface area contributed by atoms with Crippen LogP contribution in [0.5, 0.6) is 0 Å². The fraction of sp³-hybridized carbons (Fsp3) is 0.111. The first-order chi connectivity index (χ1) is 6.04. The standard InChI is InChI=1S/C9H7BrO3/c1-5-3-2-4-6(7(5)10)8(11)9(12)13/h2-4H,1H3,(H,12,13). The number of benzene rings is 1. The van der Waals surface area contributed by atoms with Gasteiger partial charge in [-0.15, -0.1) is 0 Å². The van der Waals surface area contributed by atoms with Gasteiger partial charge in [-0.2, -0.15) is 0 Å². The number of carboxylic acids is 1. The van der Waals surface area contributed by atoms with Crippen LogP contribution in [-0.2, 0) is 4.79 Å². The Bertz CT molecular complexity index is 371. The normalized spacial score (nSPS) is 9.69. The average molecular weight is 243 g/mol. The third-order valence-corrected chi connectivity index (χ3v) is 2.68. The third-order valence-electron chi connectivity index (χ3n) is 1.63. The summed E-state index contributed by atoms with van der Waals surface area (Å²) < 4.78 is 0.544. The maximum atomic E-state index is 11.1. The van der Waals surface area contributed by atoms with Crippen LogP contribution in [0.15, 0.2) is 22.7 Å². The first-order valence-electron chi connectivity index (χ1n) is 3.56. The van der Waals surface area contributed by atoms with Crippen molar-refractivity contribution >= 4 is 27.7 Å². The van der Waals surface area contributed by atoms with Crippen LogP contribution in [-0.4, -0.2) is 16.9 Å². The largest absolute Gasteiger partial charge is 0.475 e. The van der Waals surface area contributed by atoms with Gasteiger partial charge >= 0.3 is 5.97 Å². The molecule has 0 bridgehead atoms. The van der Waals surface area contributed by atoms with Crippen molar-refractivity contribution in [2.45, 2.75) is 6.92 Å². The van der Waals surface area contributed by atoms with Crippen LogP contribution in [0.25, 0.3) is 0 Å². The molecular formula is C9H7BrO3. The summed E-state index contributed by atoms with van der Waals surface area (Å²) in [6.45, 7) is 1.79. The molecule has 0 heterocycles. The minimum absolute atomic E-state index is 0.188. The van der Waals surface area contributed by atoms with Gasteiger partial charge in [-0.3, -0.25) is 4.79 Å². The number of ketones is 1. The topological polar surface area (TPSA) is 54.4 Å². The van der Waals surface area contributed by atoms with Gasteiger partial charge in [0.1, 0.15) is 0 Å². The van der Waals surface area contributed by atoms with E-state index in [0.717, 1.165) is 5.56 Å². The van der Waals surface area contributed by atoms with Gasteiger partial charge in [0.2, 0.25) is 0 Å². The molecule has 1 rings (SSSR count). The quantitative estimate of drug-likeness (QED) is 0.638. The lowest BCUT2D eigenvalue weighted by atomic mass is 10.1. The molecule has 0 aliphatic rings. The minimum atomic E-state index is -1.44. The molecule has 0 spiro atoms. The Hall–Kier alpha value is -1.16. The number of halogens is 1. The number of rotatable bonds is 2. The molecule has 3 nitrogen and oxygen atoms in total. The maximum absolute atomic E-state index is 11.1. The Morgan fingerprint density at radius 1 is 1.38 bits per heavy atom. The zero-order chi connectivity index (χ0) is 10.0. The molecule has 0 aliphatic carbocycles. The zero-order valence-electron chi connectivity index (χ0n) is 6.87. The summed E-state index contributed by atoms with van der Waals surface area (Å²) in [5.74, 6) is -2.33. The van der Waals surface area contributed by atoms with E-state index < -0.39 is 11.8 Å².